The van der Waals surface area contributed by atoms with E-state index < -0.39 is 0 Å². The van der Waals surface area contributed by atoms with Gasteiger partial charge in [0, 0.05) is 11.2 Å². The lowest BCUT2D eigenvalue weighted by atomic mass is 10.1. The number of hydrogen-bond donors (Lipinski definition) is 2. The van der Waals surface area contributed by atoms with Gasteiger partial charge in [0.2, 0.25) is 0 Å². The van der Waals surface area contributed by atoms with E-state index in [1.807, 2.05) is 26.0 Å². The number of benzene rings is 1. The number of nitrogen functional groups attached to an aromatic ring is 1. The van der Waals surface area contributed by atoms with E-state index in [4.69, 9.17) is 22.2 Å². The minimum atomic E-state index is -0.376. The van der Waals surface area contributed by atoms with Crippen molar-refractivity contribution in [1.82, 2.24) is 10.4 Å². The Kier molecular flexibility index (Phi) is 4.77. The fourth-order valence-corrected chi connectivity index (χ4v) is 2.33. The molecule has 0 fully saturated rings. The van der Waals surface area contributed by atoms with Gasteiger partial charge in [-0.25, -0.2) is 5.84 Å². The first kappa shape index (κ1) is 15.3. The van der Waals surface area contributed by atoms with Crippen molar-refractivity contribution < 1.29 is 9.53 Å². The Bertz CT molecular complexity index is 633. The number of amides is 1. The van der Waals surface area contributed by atoms with E-state index in [2.05, 4.69) is 10.4 Å². The summed E-state index contributed by atoms with van der Waals surface area (Å²) in [7, 11) is 0. The van der Waals surface area contributed by atoms with E-state index in [0.29, 0.717) is 17.2 Å². The highest BCUT2D eigenvalue weighted by molar-refractivity contribution is 6.30. The van der Waals surface area contributed by atoms with Crippen LogP contribution in [0.5, 0.6) is 5.75 Å². The van der Waals surface area contributed by atoms with Crippen LogP contribution in [0.15, 0.2) is 30.5 Å². The molecule has 5 nitrogen and oxygen atoms in total. The summed E-state index contributed by atoms with van der Waals surface area (Å²) in [6.07, 6.45) is 1.46. The molecular weight excluding hydrogens is 290 g/mol. The number of ether oxygens (including phenoxy) is 1. The Morgan fingerprint density at radius 2 is 2.00 bits per heavy atom. The van der Waals surface area contributed by atoms with Gasteiger partial charge in [0.05, 0.1) is 11.3 Å². The predicted molar refractivity (Wildman–Crippen MR) is 81.1 cm³/mol. The number of pyridine rings is 1. The summed E-state index contributed by atoms with van der Waals surface area (Å²) in [5.41, 5.74) is 5.12. The lowest BCUT2D eigenvalue weighted by Gasteiger charge is -2.12. The number of aromatic nitrogens is 1. The molecule has 1 heterocycles. The standard InChI is InChI=1S/C15H16ClN3O2/c1-9-5-12(16)6-10(2)14(9)21-8-13-4-3-11(7-18-13)15(20)19-17/h3-7H,8,17H2,1-2H3,(H,19,20). The third-order valence-corrected chi connectivity index (χ3v) is 3.23. The van der Waals surface area contributed by atoms with Gasteiger partial charge >= 0.3 is 0 Å². The van der Waals surface area contributed by atoms with E-state index in [0.717, 1.165) is 22.6 Å². The Morgan fingerprint density at radius 1 is 1.33 bits per heavy atom. The molecule has 0 aliphatic carbocycles. The highest BCUT2D eigenvalue weighted by Gasteiger charge is 2.08. The van der Waals surface area contributed by atoms with Gasteiger partial charge in [-0.15, -0.1) is 0 Å². The van der Waals surface area contributed by atoms with Crippen molar-refractivity contribution >= 4 is 17.5 Å². The maximum Gasteiger partial charge on any atom is 0.266 e. The molecule has 0 bridgehead atoms. The molecule has 0 spiro atoms. The van der Waals surface area contributed by atoms with Crippen molar-refractivity contribution in [3.63, 3.8) is 0 Å². The number of nitrogens with two attached hydrogens (primary N) is 1. The van der Waals surface area contributed by atoms with Crippen LogP contribution in [0, 0.1) is 13.8 Å². The molecule has 3 N–H and O–H groups in total. The van der Waals surface area contributed by atoms with Crippen LogP contribution in [0.2, 0.25) is 5.02 Å². The Balaban J connectivity index is 2.08. The average molecular weight is 306 g/mol. The van der Waals surface area contributed by atoms with Gasteiger partial charge < -0.3 is 4.74 Å². The number of nitrogens with zero attached hydrogens (tertiary/aromatic N) is 1. The summed E-state index contributed by atoms with van der Waals surface area (Å²) in [5.74, 6) is 5.48. The van der Waals surface area contributed by atoms with E-state index in [9.17, 15) is 4.79 Å². The largest absolute Gasteiger partial charge is 0.487 e. The molecule has 110 valence electrons. The number of rotatable bonds is 4. The molecule has 0 aliphatic heterocycles. The Hall–Kier alpha value is -2.11. The van der Waals surface area contributed by atoms with Crippen molar-refractivity contribution in [2.24, 2.45) is 5.84 Å². The summed E-state index contributed by atoms with van der Waals surface area (Å²) >= 11 is 5.98. The lowest BCUT2D eigenvalue weighted by Crippen LogP contribution is -2.30. The zero-order valence-electron chi connectivity index (χ0n) is 11.8. The molecule has 0 saturated heterocycles. The van der Waals surface area contributed by atoms with Crippen molar-refractivity contribution in [2.75, 3.05) is 0 Å². The molecule has 1 aromatic carbocycles. The van der Waals surface area contributed by atoms with Crippen molar-refractivity contribution in [3.05, 3.63) is 57.9 Å². The number of carbonyl (C=O) groups is 1. The molecule has 0 unspecified atom stereocenters. The Labute approximate surface area is 128 Å². The average Bonchev–Trinajstić information content (AvgIpc) is 2.46. The molecule has 0 atom stereocenters. The second-order valence-electron chi connectivity index (χ2n) is 4.67. The predicted octanol–water partition coefficient (Wildman–Crippen LogP) is 2.53. The van der Waals surface area contributed by atoms with Crippen LogP contribution in [0.1, 0.15) is 27.2 Å². The quantitative estimate of drug-likeness (QED) is 0.517. The molecule has 0 saturated carbocycles. The maximum atomic E-state index is 11.3. The van der Waals surface area contributed by atoms with Crippen LogP contribution in [0.4, 0.5) is 0 Å². The molecule has 6 heteroatoms. The smallest absolute Gasteiger partial charge is 0.266 e. The molecule has 1 aromatic heterocycles. The minimum Gasteiger partial charge on any atom is -0.487 e. The Morgan fingerprint density at radius 3 is 2.52 bits per heavy atom. The van der Waals surface area contributed by atoms with Gasteiger partial charge in [-0.1, -0.05) is 11.6 Å². The lowest BCUT2D eigenvalue weighted by molar-refractivity contribution is 0.0953. The SMILES string of the molecule is Cc1cc(Cl)cc(C)c1OCc1ccc(C(=O)NN)cn1. The summed E-state index contributed by atoms with van der Waals surface area (Å²) in [6.45, 7) is 4.19. The third kappa shape index (κ3) is 3.71. The summed E-state index contributed by atoms with van der Waals surface area (Å²) in [4.78, 5) is 15.5. The van der Waals surface area contributed by atoms with E-state index in [-0.39, 0.29) is 5.91 Å². The van der Waals surface area contributed by atoms with Crippen molar-refractivity contribution in [3.8, 4) is 5.75 Å². The first-order valence-corrected chi connectivity index (χ1v) is 6.74. The number of nitrogens with one attached hydrogen (secondary N) is 1. The molecule has 2 rings (SSSR count). The maximum absolute atomic E-state index is 11.3. The van der Waals surface area contributed by atoms with Gasteiger partial charge in [-0.3, -0.25) is 15.2 Å². The molecule has 2 aromatic rings. The number of hydrazine groups is 1. The minimum absolute atomic E-state index is 0.313. The zero-order chi connectivity index (χ0) is 15.4. The fourth-order valence-electron chi connectivity index (χ4n) is 2.00. The number of halogens is 1. The topological polar surface area (TPSA) is 77.2 Å². The highest BCUT2D eigenvalue weighted by Crippen LogP contribution is 2.27. The van der Waals surface area contributed by atoms with Gasteiger partial charge in [0.15, 0.2) is 0 Å². The van der Waals surface area contributed by atoms with E-state index >= 15 is 0 Å². The zero-order valence-corrected chi connectivity index (χ0v) is 12.6. The number of aryl methyl sites for hydroxylation is 2. The molecule has 0 aliphatic rings. The first-order chi connectivity index (χ1) is 10.0. The van der Waals surface area contributed by atoms with Gasteiger partial charge in [-0.2, -0.15) is 0 Å². The van der Waals surface area contributed by atoms with Crippen LogP contribution in [0.3, 0.4) is 0 Å². The van der Waals surface area contributed by atoms with Crippen LogP contribution < -0.4 is 16.0 Å². The van der Waals surface area contributed by atoms with Gasteiger partial charge in [0.25, 0.3) is 5.91 Å². The van der Waals surface area contributed by atoms with Crippen molar-refractivity contribution in [1.29, 1.82) is 0 Å². The second-order valence-corrected chi connectivity index (χ2v) is 5.11. The van der Waals surface area contributed by atoms with E-state index in [1.54, 1.807) is 12.1 Å². The van der Waals surface area contributed by atoms with Crippen LogP contribution >= 0.6 is 11.6 Å². The van der Waals surface area contributed by atoms with Crippen molar-refractivity contribution in [2.45, 2.75) is 20.5 Å². The first-order valence-electron chi connectivity index (χ1n) is 6.36. The van der Waals surface area contributed by atoms with Gasteiger partial charge in [0.1, 0.15) is 12.4 Å². The molecule has 0 radical (unpaired) electrons. The monoisotopic (exact) mass is 305 g/mol. The molecule has 1 amide bonds. The second kappa shape index (κ2) is 6.56. The molecule has 21 heavy (non-hydrogen) atoms. The normalized spacial score (nSPS) is 10.3. The van der Waals surface area contributed by atoms with Crippen LogP contribution in [0.25, 0.3) is 0 Å². The van der Waals surface area contributed by atoms with Crippen LogP contribution in [-0.4, -0.2) is 10.9 Å². The van der Waals surface area contributed by atoms with E-state index in [1.165, 1.54) is 6.20 Å². The number of carbonyl (C=O) groups excluding carboxylic acids is 1. The summed E-state index contributed by atoms with van der Waals surface area (Å²) in [6, 6.07) is 7.08. The fraction of sp³-hybridized carbons (Fsp3) is 0.200. The van der Waals surface area contributed by atoms with Crippen LogP contribution in [-0.2, 0) is 6.61 Å². The highest BCUT2D eigenvalue weighted by atomic mass is 35.5. The summed E-state index contributed by atoms with van der Waals surface area (Å²) < 4.78 is 5.79. The number of hydrogen-bond acceptors (Lipinski definition) is 4. The van der Waals surface area contributed by atoms with Gasteiger partial charge in [-0.05, 0) is 49.2 Å². The third-order valence-electron chi connectivity index (χ3n) is 3.01. The molecular formula is C15H16ClN3O2. The summed E-state index contributed by atoms with van der Waals surface area (Å²) in [5, 5.41) is 0.688.